The summed E-state index contributed by atoms with van der Waals surface area (Å²) in [5.74, 6) is -1.78. The highest BCUT2D eigenvalue weighted by Gasteiger charge is 2.38. The molecule has 0 saturated carbocycles. The van der Waals surface area contributed by atoms with Crippen LogP contribution in [0.15, 0.2) is 23.0 Å². The van der Waals surface area contributed by atoms with Crippen molar-refractivity contribution in [3.05, 3.63) is 35.1 Å². The van der Waals surface area contributed by atoms with Gasteiger partial charge in [-0.25, -0.2) is 9.67 Å². The van der Waals surface area contributed by atoms with Crippen LogP contribution in [0.4, 0.5) is 13.2 Å². The summed E-state index contributed by atoms with van der Waals surface area (Å²) in [4.78, 5) is 21.6. The van der Waals surface area contributed by atoms with E-state index >= 15 is 0 Å². The van der Waals surface area contributed by atoms with Crippen LogP contribution in [0.1, 0.15) is 21.4 Å². The van der Waals surface area contributed by atoms with E-state index in [1.807, 2.05) is 0 Å². The first-order valence-electron chi connectivity index (χ1n) is 6.85. The van der Waals surface area contributed by atoms with Crippen LogP contribution >= 0.6 is 11.3 Å². The van der Waals surface area contributed by atoms with Crippen molar-refractivity contribution in [2.24, 2.45) is 0 Å². The van der Waals surface area contributed by atoms with Crippen molar-refractivity contribution < 1.29 is 22.5 Å². The zero-order chi connectivity index (χ0) is 18.2. The molecule has 3 aromatic rings. The molecule has 0 aliphatic carbocycles. The molecule has 12 heteroatoms. The van der Waals surface area contributed by atoms with Gasteiger partial charge in [-0.1, -0.05) is 5.16 Å². The van der Waals surface area contributed by atoms with Gasteiger partial charge in [0.2, 0.25) is 11.6 Å². The summed E-state index contributed by atoms with van der Waals surface area (Å²) in [7, 11) is 3.18. The number of carbonyl (C=O) groups excluding carboxylic acids is 1. The molecule has 0 aliphatic heterocycles. The lowest BCUT2D eigenvalue weighted by atomic mass is 10.4. The lowest BCUT2D eigenvalue weighted by Crippen LogP contribution is -2.23. The van der Waals surface area contributed by atoms with Crippen LogP contribution < -0.4 is 0 Å². The fraction of sp³-hybridized carbons (Fsp3) is 0.308. The molecule has 3 heterocycles. The Morgan fingerprint density at radius 2 is 2.12 bits per heavy atom. The first-order chi connectivity index (χ1) is 11.7. The maximum atomic E-state index is 12.5. The summed E-state index contributed by atoms with van der Waals surface area (Å²) in [5.41, 5.74) is 0. The number of carbonyl (C=O) groups is 1. The van der Waals surface area contributed by atoms with E-state index in [2.05, 4.69) is 24.7 Å². The minimum atomic E-state index is -4.68. The Morgan fingerprint density at radius 3 is 2.76 bits per heavy atom. The van der Waals surface area contributed by atoms with Crippen molar-refractivity contribution in [3.8, 4) is 10.7 Å². The van der Waals surface area contributed by atoms with E-state index in [0.29, 0.717) is 11.4 Å². The molecule has 0 unspecified atom stereocenters. The Labute approximate surface area is 142 Å². The summed E-state index contributed by atoms with van der Waals surface area (Å²) in [5, 5.41) is 7.41. The van der Waals surface area contributed by atoms with E-state index in [9.17, 15) is 18.0 Å². The van der Waals surface area contributed by atoms with Crippen LogP contribution in [-0.4, -0.2) is 49.8 Å². The van der Waals surface area contributed by atoms with Crippen LogP contribution in [0, 0.1) is 0 Å². The second-order valence-electron chi connectivity index (χ2n) is 5.15. The highest BCUT2D eigenvalue weighted by Crippen LogP contribution is 2.31. The Kier molecular flexibility index (Phi) is 4.29. The molecule has 0 N–H and O–H groups in total. The third kappa shape index (κ3) is 3.68. The van der Waals surface area contributed by atoms with Gasteiger partial charge in [-0.3, -0.25) is 4.79 Å². The van der Waals surface area contributed by atoms with Crippen molar-refractivity contribution in [2.75, 3.05) is 14.1 Å². The highest BCUT2D eigenvalue weighted by atomic mass is 32.1. The number of alkyl halides is 3. The summed E-state index contributed by atoms with van der Waals surface area (Å²) in [6, 6.07) is 3.30. The van der Waals surface area contributed by atoms with Crippen LogP contribution in [0.5, 0.6) is 0 Å². The molecular formula is C13H11F3N6O2S. The molecule has 0 spiro atoms. The fourth-order valence-corrected chi connectivity index (χ4v) is 2.78. The molecule has 0 aliphatic rings. The van der Waals surface area contributed by atoms with E-state index in [0.717, 1.165) is 4.88 Å². The van der Waals surface area contributed by atoms with Crippen LogP contribution in [0.3, 0.4) is 0 Å². The number of hydrogen-bond donors (Lipinski definition) is 0. The number of thiophene rings is 1. The molecule has 0 saturated heterocycles. The Bertz CT molecular complexity index is 898. The SMILES string of the molecule is CN(C)C(=O)c1ncn(Cc2ccc(-c3noc(C(F)(F)F)n3)s2)n1. The molecule has 3 rings (SSSR count). The fourth-order valence-electron chi connectivity index (χ4n) is 1.85. The number of aromatic nitrogens is 5. The van der Waals surface area contributed by atoms with E-state index in [1.54, 1.807) is 26.2 Å². The minimum absolute atomic E-state index is 0.0646. The third-order valence-corrected chi connectivity index (χ3v) is 4.07. The molecule has 0 aromatic carbocycles. The normalized spacial score (nSPS) is 11.7. The standard InChI is InChI=1S/C13H11F3N6O2S/c1-21(2)11(23)10-17-6-22(19-10)5-7-3-4-8(25-7)9-18-12(24-20-9)13(14,15)16/h3-4,6H,5H2,1-2H3. The van der Waals surface area contributed by atoms with E-state index < -0.39 is 12.1 Å². The molecule has 0 atom stereocenters. The van der Waals surface area contributed by atoms with Crippen LogP contribution in [-0.2, 0) is 12.7 Å². The van der Waals surface area contributed by atoms with Crippen LogP contribution in [0.2, 0.25) is 0 Å². The second-order valence-corrected chi connectivity index (χ2v) is 6.32. The molecular weight excluding hydrogens is 361 g/mol. The van der Waals surface area contributed by atoms with Gasteiger partial charge in [0.05, 0.1) is 11.4 Å². The van der Waals surface area contributed by atoms with E-state index in [-0.39, 0.29) is 17.6 Å². The van der Waals surface area contributed by atoms with Crippen molar-refractivity contribution in [1.82, 2.24) is 29.8 Å². The molecule has 1 amide bonds. The highest BCUT2D eigenvalue weighted by molar-refractivity contribution is 7.15. The first kappa shape index (κ1) is 17.1. The van der Waals surface area contributed by atoms with Gasteiger partial charge in [0, 0.05) is 19.0 Å². The molecule has 132 valence electrons. The Morgan fingerprint density at radius 1 is 1.36 bits per heavy atom. The Balaban J connectivity index is 1.74. The predicted octanol–water partition coefficient (Wildman–Crippen LogP) is 2.16. The largest absolute Gasteiger partial charge is 0.471 e. The number of rotatable bonds is 4. The monoisotopic (exact) mass is 372 g/mol. The van der Waals surface area contributed by atoms with Gasteiger partial charge in [0.25, 0.3) is 5.91 Å². The van der Waals surface area contributed by atoms with Gasteiger partial charge in [-0.15, -0.1) is 16.4 Å². The zero-order valence-electron chi connectivity index (χ0n) is 13.0. The van der Waals surface area contributed by atoms with Crippen molar-refractivity contribution in [1.29, 1.82) is 0 Å². The zero-order valence-corrected chi connectivity index (χ0v) is 13.8. The van der Waals surface area contributed by atoms with Gasteiger partial charge < -0.3 is 9.42 Å². The molecule has 0 bridgehead atoms. The minimum Gasteiger partial charge on any atom is -0.342 e. The van der Waals surface area contributed by atoms with Crippen LogP contribution in [0.25, 0.3) is 10.7 Å². The predicted molar refractivity (Wildman–Crippen MR) is 79.8 cm³/mol. The van der Waals surface area contributed by atoms with Gasteiger partial charge in [-0.05, 0) is 12.1 Å². The molecule has 25 heavy (non-hydrogen) atoms. The number of nitrogens with zero attached hydrogens (tertiary/aromatic N) is 6. The summed E-state index contributed by atoms with van der Waals surface area (Å²) < 4.78 is 43.2. The van der Waals surface area contributed by atoms with Crippen molar-refractivity contribution in [3.63, 3.8) is 0 Å². The quantitative estimate of drug-likeness (QED) is 0.697. The van der Waals surface area contributed by atoms with Gasteiger partial charge in [-0.2, -0.15) is 18.2 Å². The van der Waals surface area contributed by atoms with Gasteiger partial charge in [0.15, 0.2) is 0 Å². The maximum absolute atomic E-state index is 12.5. The summed E-state index contributed by atoms with van der Waals surface area (Å²) in [6.07, 6.45) is -3.27. The molecule has 0 fully saturated rings. The molecule has 3 aromatic heterocycles. The summed E-state index contributed by atoms with van der Waals surface area (Å²) in [6.45, 7) is 0.308. The van der Waals surface area contributed by atoms with Crippen molar-refractivity contribution >= 4 is 17.2 Å². The molecule has 8 nitrogen and oxygen atoms in total. The summed E-state index contributed by atoms with van der Waals surface area (Å²) >= 11 is 1.19. The molecule has 0 radical (unpaired) electrons. The average molecular weight is 372 g/mol. The third-order valence-electron chi connectivity index (χ3n) is 3.00. The first-order valence-corrected chi connectivity index (χ1v) is 7.67. The van der Waals surface area contributed by atoms with Gasteiger partial charge in [0.1, 0.15) is 6.33 Å². The van der Waals surface area contributed by atoms with Gasteiger partial charge >= 0.3 is 12.1 Å². The van der Waals surface area contributed by atoms with Crippen molar-refractivity contribution in [2.45, 2.75) is 12.7 Å². The number of hydrogen-bond acceptors (Lipinski definition) is 7. The number of amides is 1. The average Bonchev–Trinajstić information content (AvgIpc) is 3.25. The number of halogens is 3. The second kappa shape index (κ2) is 6.27. The Hall–Kier alpha value is -2.76. The topological polar surface area (TPSA) is 89.9 Å². The van der Waals surface area contributed by atoms with E-state index in [1.165, 1.54) is 27.2 Å². The lowest BCUT2D eigenvalue weighted by molar-refractivity contribution is -0.159. The van der Waals surface area contributed by atoms with E-state index in [4.69, 9.17) is 0 Å². The maximum Gasteiger partial charge on any atom is 0.471 e. The smallest absolute Gasteiger partial charge is 0.342 e. The lowest BCUT2D eigenvalue weighted by Gasteiger charge is -2.05.